The third kappa shape index (κ3) is 3.42. The summed E-state index contributed by atoms with van der Waals surface area (Å²) < 4.78 is 0.742. The van der Waals surface area contributed by atoms with E-state index in [0.29, 0.717) is 24.1 Å². The molecular weight excluding hydrogens is 336 g/mol. The van der Waals surface area contributed by atoms with Crippen molar-refractivity contribution >= 4 is 33.5 Å². The SMILES string of the molecule is CC1C[C@H](C(=O)Nc2cc(Br)ccc2C#N)[C@H](C(=O)O)C1. The largest absolute Gasteiger partial charge is 0.481 e. The van der Waals surface area contributed by atoms with Crippen molar-refractivity contribution in [1.82, 2.24) is 0 Å². The molecule has 1 amide bonds. The highest BCUT2D eigenvalue weighted by atomic mass is 79.9. The van der Waals surface area contributed by atoms with Gasteiger partial charge in [-0.05, 0) is 37.0 Å². The molecule has 1 aromatic rings. The van der Waals surface area contributed by atoms with Gasteiger partial charge in [-0.25, -0.2) is 0 Å². The normalized spacial score (nSPS) is 24.3. The van der Waals surface area contributed by atoms with Crippen molar-refractivity contribution in [2.45, 2.75) is 19.8 Å². The third-order valence-corrected chi connectivity index (χ3v) is 4.31. The average molecular weight is 351 g/mol. The van der Waals surface area contributed by atoms with E-state index < -0.39 is 17.8 Å². The van der Waals surface area contributed by atoms with Crippen LogP contribution in [0.15, 0.2) is 22.7 Å². The maximum Gasteiger partial charge on any atom is 0.307 e. The van der Waals surface area contributed by atoms with Crippen LogP contribution in [0.3, 0.4) is 0 Å². The Morgan fingerprint density at radius 1 is 1.38 bits per heavy atom. The predicted molar refractivity (Wildman–Crippen MR) is 80.5 cm³/mol. The lowest BCUT2D eigenvalue weighted by molar-refractivity contribution is -0.145. The maximum absolute atomic E-state index is 12.4. The quantitative estimate of drug-likeness (QED) is 0.876. The fourth-order valence-electron chi connectivity index (χ4n) is 2.80. The Labute approximate surface area is 131 Å². The number of carboxylic acids is 1. The first-order valence-corrected chi connectivity index (χ1v) is 7.45. The second-order valence-electron chi connectivity index (χ2n) is 5.42. The van der Waals surface area contributed by atoms with Gasteiger partial charge in [0.25, 0.3) is 0 Å². The Balaban J connectivity index is 2.20. The molecule has 110 valence electrons. The Morgan fingerprint density at radius 2 is 2.05 bits per heavy atom. The van der Waals surface area contributed by atoms with Gasteiger partial charge in [-0.2, -0.15) is 5.26 Å². The predicted octanol–water partition coefficient (Wildman–Crippen LogP) is 3.01. The molecule has 1 fully saturated rings. The summed E-state index contributed by atoms with van der Waals surface area (Å²) in [5.74, 6) is -2.27. The molecule has 0 aromatic heterocycles. The van der Waals surface area contributed by atoms with Gasteiger partial charge in [0.15, 0.2) is 0 Å². The number of amides is 1. The Morgan fingerprint density at radius 3 is 2.67 bits per heavy atom. The summed E-state index contributed by atoms with van der Waals surface area (Å²) >= 11 is 3.29. The number of nitriles is 1. The number of aliphatic carboxylic acids is 1. The van der Waals surface area contributed by atoms with E-state index in [1.807, 2.05) is 13.0 Å². The lowest BCUT2D eigenvalue weighted by Crippen LogP contribution is -2.30. The number of rotatable bonds is 3. The number of nitrogens with zero attached hydrogens (tertiary/aromatic N) is 1. The number of carboxylic acid groups (broad SMARTS) is 1. The lowest BCUT2D eigenvalue weighted by Gasteiger charge is -2.16. The van der Waals surface area contributed by atoms with E-state index in [1.54, 1.807) is 18.2 Å². The summed E-state index contributed by atoms with van der Waals surface area (Å²) in [6.07, 6.45) is 1.07. The molecule has 0 spiro atoms. The Bertz CT molecular complexity index is 624. The van der Waals surface area contributed by atoms with Crippen LogP contribution >= 0.6 is 15.9 Å². The van der Waals surface area contributed by atoms with E-state index in [0.717, 1.165) is 4.47 Å². The first-order chi connectivity index (χ1) is 9.92. The van der Waals surface area contributed by atoms with Crippen LogP contribution in [-0.4, -0.2) is 17.0 Å². The number of hydrogen-bond donors (Lipinski definition) is 2. The molecule has 0 heterocycles. The van der Waals surface area contributed by atoms with Gasteiger partial charge in [0.2, 0.25) is 5.91 Å². The molecule has 2 rings (SSSR count). The minimum Gasteiger partial charge on any atom is -0.481 e. The molecule has 3 atom stereocenters. The number of hydrogen-bond acceptors (Lipinski definition) is 3. The highest BCUT2D eigenvalue weighted by Crippen LogP contribution is 2.37. The fraction of sp³-hybridized carbons (Fsp3) is 0.400. The third-order valence-electron chi connectivity index (χ3n) is 3.81. The number of benzene rings is 1. The van der Waals surface area contributed by atoms with E-state index in [1.165, 1.54) is 0 Å². The molecule has 0 bridgehead atoms. The summed E-state index contributed by atoms with van der Waals surface area (Å²) in [5, 5.41) is 21.0. The first-order valence-electron chi connectivity index (χ1n) is 6.65. The van der Waals surface area contributed by atoms with Crippen LogP contribution in [-0.2, 0) is 9.59 Å². The molecule has 0 saturated heterocycles. The molecule has 0 radical (unpaired) electrons. The zero-order valence-corrected chi connectivity index (χ0v) is 13.1. The molecule has 0 aliphatic heterocycles. The lowest BCUT2D eigenvalue weighted by atomic mass is 9.95. The number of carbonyl (C=O) groups excluding carboxylic acids is 1. The summed E-state index contributed by atoms with van der Waals surface area (Å²) in [5.41, 5.74) is 0.755. The van der Waals surface area contributed by atoms with E-state index in [9.17, 15) is 14.7 Å². The second kappa shape index (κ2) is 6.27. The van der Waals surface area contributed by atoms with E-state index in [-0.39, 0.29) is 11.8 Å². The standard InChI is InChI=1S/C15H15BrN2O3/c1-8-4-11(12(5-8)15(20)21)14(19)18-13-6-10(16)3-2-9(13)7-17/h2-3,6,8,11-12H,4-5H2,1H3,(H,18,19)(H,20,21)/t8?,11-,12+/m0/s1. The van der Waals surface area contributed by atoms with Gasteiger partial charge in [-0.1, -0.05) is 22.9 Å². The molecular formula is C15H15BrN2O3. The molecule has 1 saturated carbocycles. The van der Waals surface area contributed by atoms with Crippen LogP contribution in [0, 0.1) is 29.1 Å². The van der Waals surface area contributed by atoms with Crippen LogP contribution in [0.25, 0.3) is 0 Å². The molecule has 21 heavy (non-hydrogen) atoms. The summed E-state index contributed by atoms with van der Waals surface area (Å²) in [6.45, 7) is 1.95. The van der Waals surface area contributed by atoms with Crippen LogP contribution in [0.5, 0.6) is 0 Å². The summed E-state index contributed by atoms with van der Waals surface area (Å²) in [7, 11) is 0. The highest BCUT2D eigenvalue weighted by molar-refractivity contribution is 9.10. The van der Waals surface area contributed by atoms with E-state index in [2.05, 4.69) is 21.2 Å². The Kier molecular flexibility index (Phi) is 4.63. The van der Waals surface area contributed by atoms with Crippen molar-refractivity contribution in [3.63, 3.8) is 0 Å². The minimum absolute atomic E-state index is 0.208. The van der Waals surface area contributed by atoms with Gasteiger partial charge in [0, 0.05) is 4.47 Å². The average Bonchev–Trinajstić information content (AvgIpc) is 2.81. The van der Waals surface area contributed by atoms with Crippen molar-refractivity contribution in [2.24, 2.45) is 17.8 Å². The maximum atomic E-state index is 12.4. The van der Waals surface area contributed by atoms with Gasteiger partial charge < -0.3 is 10.4 Å². The van der Waals surface area contributed by atoms with Crippen molar-refractivity contribution in [1.29, 1.82) is 5.26 Å². The number of halogens is 1. The van der Waals surface area contributed by atoms with E-state index >= 15 is 0 Å². The van der Waals surface area contributed by atoms with Crippen molar-refractivity contribution in [2.75, 3.05) is 5.32 Å². The van der Waals surface area contributed by atoms with Crippen LogP contribution in [0.4, 0.5) is 5.69 Å². The van der Waals surface area contributed by atoms with Gasteiger partial charge in [0.1, 0.15) is 6.07 Å². The molecule has 1 aromatic carbocycles. The second-order valence-corrected chi connectivity index (χ2v) is 6.33. The highest BCUT2D eigenvalue weighted by Gasteiger charge is 2.41. The number of carbonyl (C=O) groups is 2. The number of anilines is 1. The minimum atomic E-state index is -0.936. The fourth-order valence-corrected chi connectivity index (χ4v) is 3.16. The topological polar surface area (TPSA) is 90.2 Å². The zero-order chi connectivity index (χ0) is 15.6. The van der Waals surface area contributed by atoms with Crippen LogP contribution in [0.1, 0.15) is 25.3 Å². The van der Waals surface area contributed by atoms with E-state index in [4.69, 9.17) is 5.26 Å². The monoisotopic (exact) mass is 350 g/mol. The molecule has 1 unspecified atom stereocenters. The molecule has 2 N–H and O–H groups in total. The molecule has 5 nitrogen and oxygen atoms in total. The molecule has 1 aliphatic rings. The van der Waals surface area contributed by atoms with Crippen LogP contribution < -0.4 is 5.32 Å². The van der Waals surface area contributed by atoms with Crippen molar-refractivity contribution < 1.29 is 14.7 Å². The van der Waals surface area contributed by atoms with Crippen molar-refractivity contribution in [3.05, 3.63) is 28.2 Å². The Hall–Kier alpha value is -1.87. The molecule has 6 heteroatoms. The van der Waals surface area contributed by atoms with Gasteiger partial charge in [-0.15, -0.1) is 0 Å². The van der Waals surface area contributed by atoms with Gasteiger partial charge in [0.05, 0.1) is 23.1 Å². The molecule has 1 aliphatic carbocycles. The zero-order valence-electron chi connectivity index (χ0n) is 11.5. The number of nitrogens with one attached hydrogen (secondary N) is 1. The van der Waals surface area contributed by atoms with Crippen molar-refractivity contribution in [3.8, 4) is 6.07 Å². The van der Waals surface area contributed by atoms with Gasteiger partial charge in [-0.3, -0.25) is 9.59 Å². The van der Waals surface area contributed by atoms with Gasteiger partial charge >= 0.3 is 5.97 Å². The summed E-state index contributed by atoms with van der Waals surface area (Å²) in [6, 6.07) is 6.97. The summed E-state index contributed by atoms with van der Waals surface area (Å²) in [4.78, 5) is 23.6. The smallest absolute Gasteiger partial charge is 0.307 e. The first kappa shape index (κ1) is 15.5. The van der Waals surface area contributed by atoms with Crippen LogP contribution in [0.2, 0.25) is 0 Å².